The van der Waals surface area contributed by atoms with Crippen LogP contribution in [0.2, 0.25) is 0 Å². The van der Waals surface area contributed by atoms with E-state index >= 15 is 0 Å². The molecule has 0 saturated carbocycles. The number of carbonyl (C=O) groups is 1. The first kappa shape index (κ1) is 21.0. The number of hydrogen-bond acceptors (Lipinski definition) is 4. The summed E-state index contributed by atoms with van der Waals surface area (Å²) in [6, 6.07) is 15.2. The van der Waals surface area contributed by atoms with E-state index < -0.39 is 0 Å². The predicted octanol–water partition coefficient (Wildman–Crippen LogP) is 4.80. The number of nitrogens with one attached hydrogen (secondary N) is 2. The Balaban J connectivity index is 1.28. The monoisotopic (exact) mass is 424 g/mol. The largest absolute Gasteiger partial charge is 0.683 e. The Labute approximate surface area is 187 Å². The van der Waals surface area contributed by atoms with Gasteiger partial charge >= 0.3 is 5.82 Å². The molecule has 1 amide bonds. The van der Waals surface area contributed by atoms with Crippen molar-refractivity contribution in [2.45, 2.75) is 19.9 Å². The van der Waals surface area contributed by atoms with Gasteiger partial charge in [-0.3, -0.25) is 9.78 Å². The topological polar surface area (TPSA) is 84.0 Å². The zero-order valence-corrected chi connectivity index (χ0v) is 17.9. The molecular formula is C25H24N6O. The van der Waals surface area contributed by atoms with Crippen LogP contribution in [0.25, 0.3) is 5.32 Å². The summed E-state index contributed by atoms with van der Waals surface area (Å²) in [4.78, 5) is 20.8. The third kappa shape index (κ3) is 5.26. The number of rotatable bonds is 8. The first-order valence-electron chi connectivity index (χ1n) is 10.3. The number of hydrogen-bond donors (Lipinski definition) is 2. The first-order valence-corrected chi connectivity index (χ1v) is 10.3. The van der Waals surface area contributed by atoms with Gasteiger partial charge in [-0.05, 0) is 47.9 Å². The molecule has 160 valence electrons. The van der Waals surface area contributed by atoms with E-state index in [9.17, 15) is 4.79 Å². The predicted molar refractivity (Wildman–Crippen MR) is 126 cm³/mol. The van der Waals surface area contributed by atoms with Gasteiger partial charge in [-0.25, -0.2) is 0 Å². The number of nitrogens with zero attached hydrogens (tertiary/aromatic N) is 4. The van der Waals surface area contributed by atoms with Gasteiger partial charge in [0, 0.05) is 24.1 Å². The van der Waals surface area contributed by atoms with Crippen molar-refractivity contribution >= 4 is 23.6 Å². The van der Waals surface area contributed by atoms with E-state index in [4.69, 9.17) is 0 Å². The number of amides is 1. The van der Waals surface area contributed by atoms with E-state index in [2.05, 4.69) is 25.9 Å². The van der Waals surface area contributed by atoms with Crippen LogP contribution in [0.15, 0.2) is 91.4 Å². The fourth-order valence-electron chi connectivity index (χ4n) is 3.15. The van der Waals surface area contributed by atoms with Crippen LogP contribution in [0.1, 0.15) is 34.5 Å². The third-order valence-corrected chi connectivity index (χ3v) is 4.87. The molecule has 0 bridgehead atoms. The van der Waals surface area contributed by atoms with Crippen molar-refractivity contribution in [3.05, 3.63) is 113 Å². The van der Waals surface area contributed by atoms with E-state index in [1.807, 2.05) is 79.4 Å². The highest BCUT2D eigenvalue weighted by atomic mass is 16.1. The molecule has 0 aliphatic carbocycles. The van der Waals surface area contributed by atoms with Crippen LogP contribution in [-0.2, 0) is 0 Å². The van der Waals surface area contributed by atoms with Crippen molar-refractivity contribution in [1.29, 1.82) is 0 Å². The van der Waals surface area contributed by atoms with Crippen LogP contribution in [0.4, 0.5) is 11.5 Å². The molecule has 1 aromatic carbocycles. The molecule has 3 aromatic rings. The average molecular weight is 425 g/mol. The number of anilines is 1. The minimum atomic E-state index is -0.184. The Morgan fingerprint density at radius 1 is 1.16 bits per heavy atom. The quantitative estimate of drug-likeness (QED) is 0.509. The van der Waals surface area contributed by atoms with Crippen molar-refractivity contribution in [3.8, 4) is 0 Å². The second kappa shape index (κ2) is 9.70. The molecule has 1 unspecified atom stereocenters. The summed E-state index contributed by atoms with van der Waals surface area (Å²) in [7, 11) is 0. The molecule has 7 heteroatoms. The third-order valence-electron chi connectivity index (χ3n) is 4.87. The zero-order chi connectivity index (χ0) is 22.3. The van der Waals surface area contributed by atoms with E-state index in [1.54, 1.807) is 31.0 Å². The fourth-order valence-corrected chi connectivity index (χ4v) is 3.15. The number of aryl methyl sites for hydroxylation is 1. The highest BCUT2D eigenvalue weighted by Crippen LogP contribution is 2.24. The number of allylic oxidation sites excluding steroid dienone is 1. The molecule has 0 saturated heterocycles. The molecule has 1 atom stereocenters. The summed E-state index contributed by atoms with van der Waals surface area (Å²) >= 11 is 0. The Bertz CT molecular complexity index is 1200. The minimum Gasteiger partial charge on any atom is -0.683 e. The minimum absolute atomic E-state index is 0.0603. The second-order valence-electron chi connectivity index (χ2n) is 7.42. The lowest BCUT2D eigenvalue weighted by Gasteiger charge is -2.26. The van der Waals surface area contributed by atoms with Gasteiger partial charge in [-0.2, -0.15) is 10.8 Å². The van der Waals surface area contributed by atoms with Crippen molar-refractivity contribution in [2.24, 2.45) is 0 Å². The molecule has 0 radical (unpaired) electrons. The number of benzene rings is 1. The van der Waals surface area contributed by atoms with Gasteiger partial charge in [0.2, 0.25) is 0 Å². The molecule has 2 aromatic heterocycles. The van der Waals surface area contributed by atoms with Crippen molar-refractivity contribution in [3.63, 3.8) is 0 Å². The standard InChI is InChI=1S/C25H24N6O/c1-18-12-21(15-26-14-18)25(32)30-22-7-5-6-20(13-22)19(2)27-10-11-28-23-16-31(17-23)24-8-3-4-9-29-24/h3-17,19,28H,1-2H3,(H,30,32). The SMILES string of the molecule is Cc1cncc(C(=O)Nc2cccc(C(C)[N-]C=CNC3=C[N+](c4ccccn4)=C3)c2)c1. The maximum absolute atomic E-state index is 12.5. The number of aromatic nitrogens is 2. The second-order valence-corrected chi connectivity index (χ2v) is 7.42. The van der Waals surface area contributed by atoms with E-state index in [0.29, 0.717) is 5.56 Å². The smallest absolute Gasteiger partial charge is 0.327 e. The molecule has 1 aliphatic rings. The van der Waals surface area contributed by atoms with Gasteiger partial charge in [0.25, 0.3) is 5.91 Å². The molecule has 2 N–H and O–H groups in total. The van der Waals surface area contributed by atoms with Gasteiger partial charge in [-0.15, -0.1) is 0 Å². The molecule has 7 nitrogen and oxygen atoms in total. The van der Waals surface area contributed by atoms with Gasteiger partial charge < -0.3 is 16.0 Å². The highest BCUT2D eigenvalue weighted by Gasteiger charge is 2.15. The van der Waals surface area contributed by atoms with Crippen LogP contribution < -0.4 is 10.6 Å². The molecule has 3 heterocycles. The maximum atomic E-state index is 12.5. The summed E-state index contributed by atoms with van der Waals surface area (Å²) in [6.45, 7) is 3.92. The zero-order valence-electron chi connectivity index (χ0n) is 17.9. The Morgan fingerprint density at radius 2 is 2.03 bits per heavy atom. The summed E-state index contributed by atoms with van der Waals surface area (Å²) in [6.07, 6.45) is 12.5. The highest BCUT2D eigenvalue weighted by molar-refractivity contribution is 6.04. The summed E-state index contributed by atoms with van der Waals surface area (Å²) in [5.74, 6) is 0.697. The van der Waals surface area contributed by atoms with E-state index in [-0.39, 0.29) is 11.9 Å². The Kier molecular flexibility index (Phi) is 6.36. The summed E-state index contributed by atoms with van der Waals surface area (Å²) in [5, 5.41) is 10.7. The fraction of sp³-hybridized carbons (Fsp3) is 0.120. The summed E-state index contributed by atoms with van der Waals surface area (Å²) in [5.41, 5.74) is 4.18. The molecule has 1 aliphatic heterocycles. The molecule has 32 heavy (non-hydrogen) atoms. The lowest BCUT2D eigenvalue weighted by Crippen LogP contribution is -2.21. The molecule has 4 rings (SSSR count). The van der Waals surface area contributed by atoms with Crippen LogP contribution in [-0.4, -0.2) is 26.7 Å². The van der Waals surface area contributed by atoms with Gasteiger partial charge in [0.15, 0.2) is 0 Å². The van der Waals surface area contributed by atoms with Crippen LogP contribution in [0.3, 0.4) is 0 Å². The van der Waals surface area contributed by atoms with Crippen molar-refractivity contribution in [1.82, 2.24) is 15.3 Å². The van der Waals surface area contributed by atoms with Crippen molar-refractivity contribution in [2.75, 3.05) is 5.32 Å². The first-order chi connectivity index (χ1) is 15.6. The van der Waals surface area contributed by atoms with E-state index in [1.165, 1.54) is 0 Å². The van der Waals surface area contributed by atoms with Gasteiger partial charge in [0.05, 0.1) is 5.56 Å². The van der Waals surface area contributed by atoms with E-state index in [0.717, 1.165) is 28.3 Å². The summed E-state index contributed by atoms with van der Waals surface area (Å²) < 4.78 is 1.95. The molecular weight excluding hydrogens is 400 g/mol. The van der Waals surface area contributed by atoms with Gasteiger partial charge in [0.1, 0.15) is 24.3 Å². The molecule has 0 spiro atoms. The normalized spacial score (nSPS) is 13.6. The van der Waals surface area contributed by atoms with Crippen LogP contribution >= 0.6 is 0 Å². The Morgan fingerprint density at radius 3 is 2.81 bits per heavy atom. The lowest BCUT2D eigenvalue weighted by molar-refractivity contribution is -0.373. The Hall–Kier alpha value is -4.26. The van der Waals surface area contributed by atoms with Gasteiger partial charge in [-0.1, -0.05) is 36.7 Å². The number of carbonyl (C=O) groups excluding carboxylic acids is 1. The van der Waals surface area contributed by atoms with Crippen LogP contribution in [0.5, 0.6) is 0 Å². The maximum Gasteiger partial charge on any atom is 0.327 e. The number of pyridine rings is 2. The van der Waals surface area contributed by atoms with Crippen molar-refractivity contribution < 1.29 is 9.37 Å². The lowest BCUT2D eigenvalue weighted by atomic mass is 10.1. The van der Waals surface area contributed by atoms with Crippen LogP contribution in [0, 0.1) is 6.92 Å². The average Bonchev–Trinajstić information content (AvgIpc) is 2.78. The molecule has 0 fully saturated rings.